The van der Waals surface area contributed by atoms with Gasteiger partial charge in [0, 0.05) is 13.0 Å². The summed E-state index contributed by atoms with van der Waals surface area (Å²) in [5, 5.41) is 8.74. The fourth-order valence-electron chi connectivity index (χ4n) is 7.76. The van der Waals surface area contributed by atoms with Gasteiger partial charge in [-0.2, -0.15) is 5.10 Å². The fraction of sp³-hybridized carbons (Fsp3) is 0.163. The lowest BCUT2D eigenvalue weighted by Gasteiger charge is -2.22. The Morgan fingerprint density at radius 1 is 0.800 bits per heavy atom. The summed E-state index contributed by atoms with van der Waals surface area (Å²) in [5.74, 6) is 1.23. The molecule has 1 aromatic heterocycles. The van der Waals surface area contributed by atoms with Gasteiger partial charge in [0.25, 0.3) is 11.5 Å². The number of ether oxygens (including phenoxy) is 4. The Balaban J connectivity index is 0.942. The summed E-state index contributed by atoms with van der Waals surface area (Å²) >= 11 is 0. The summed E-state index contributed by atoms with van der Waals surface area (Å²) in [7, 11) is 3.20. The number of fused-ring (bicyclic) bond motifs is 3. The zero-order valence-corrected chi connectivity index (χ0v) is 33.0. The maximum absolute atomic E-state index is 13.8. The molecule has 1 atom stereocenters. The van der Waals surface area contributed by atoms with E-state index in [2.05, 4.69) is 6.07 Å². The van der Waals surface area contributed by atoms with Gasteiger partial charge in [-0.25, -0.2) is 14.8 Å². The Morgan fingerprint density at radius 3 is 2.40 bits per heavy atom. The summed E-state index contributed by atoms with van der Waals surface area (Å²) in [6, 6.07) is 41.5. The minimum atomic E-state index is -0.719. The van der Waals surface area contributed by atoms with Crippen LogP contribution in [0.3, 0.4) is 0 Å². The number of allylic oxidation sites excluding steroid dienone is 1. The van der Waals surface area contributed by atoms with E-state index >= 15 is 0 Å². The molecule has 0 spiro atoms. The highest BCUT2D eigenvalue weighted by Gasteiger charge is 2.34. The molecule has 7 aromatic rings. The van der Waals surface area contributed by atoms with E-state index in [1.165, 1.54) is 17.1 Å². The van der Waals surface area contributed by atoms with Gasteiger partial charge < -0.3 is 18.9 Å². The van der Waals surface area contributed by atoms with Crippen molar-refractivity contribution in [1.82, 2.24) is 14.6 Å². The Morgan fingerprint density at radius 2 is 1.60 bits per heavy atom. The normalized spacial score (nSPS) is 15.2. The predicted molar refractivity (Wildman–Crippen MR) is 230 cm³/mol. The number of carbonyl (C=O) groups is 2. The molecule has 2 aliphatic heterocycles. The molecule has 0 aliphatic carbocycles. The van der Waals surface area contributed by atoms with Gasteiger partial charge in [0.1, 0.15) is 18.2 Å². The quantitative estimate of drug-likeness (QED) is 0.119. The maximum Gasteiger partial charge on any atom is 0.338 e. The Hall–Kier alpha value is -7.53. The number of benzene rings is 6. The molecule has 3 heterocycles. The molecule has 1 amide bonds. The first-order valence-corrected chi connectivity index (χ1v) is 19.7. The third-order valence-electron chi connectivity index (χ3n) is 10.9. The first-order chi connectivity index (χ1) is 29.3. The molecule has 0 N–H and O–H groups in total. The van der Waals surface area contributed by atoms with Crippen LogP contribution in [0.4, 0.5) is 0 Å². The molecule has 6 aromatic carbocycles. The highest BCUT2D eigenvalue weighted by Crippen LogP contribution is 2.35. The molecule has 2 aliphatic rings. The van der Waals surface area contributed by atoms with Crippen LogP contribution in [0.5, 0.6) is 17.2 Å². The number of hydrogen-bond acceptors (Lipinski definition) is 9. The van der Waals surface area contributed by atoms with E-state index < -0.39 is 24.5 Å². The topological polar surface area (TPSA) is 122 Å². The molecule has 1 unspecified atom stereocenters. The van der Waals surface area contributed by atoms with E-state index in [-0.39, 0.29) is 11.1 Å². The first-order valence-electron chi connectivity index (χ1n) is 19.7. The third kappa shape index (κ3) is 7.60. The lowest BCUT2D eigenvalue weighted by molar-refractivity contribution is -0.136. The fourth-order valence-corrected chi connectivity index (χ4v) is 7.76. The molecule has 9 rings (SSSR count). The number of hydrogen-bond donors (Lipinski definition) is 0. The number of amides is 1. The van der Waals surface area contributed by atoms with Crippen molar-refractivity contribution in [3.63, 3.8) is 0 Å². The van der Waals surface area contributed by atoms with Crippen molar-refractivity contribution in [3.05, 3.63) is 177 Å². The van der Waals surface area contributed by atoms with Crippen molar-refractivity contribution in [2.75, 3.05) is 20.8 Å². The van der Waals surface area contributed by atoms with E-state index in [1.807, 2.05) is 115 Å². The van der Waals surface area contributed by atoms with Gasteiger partial charge in [-0.15, -0.1) is 0 Å². The van der Waals surface area contributed by atoms with E-state index in [0.29, 0.717) is 60.0 Å². The van der Waals surface area contributed by atoms with Crippen LogP contribution in [-0.4, -0.2) is 53.0 Å². The van der Waals surface area contributed by atoms with Crippen LogP contribution in [0, 0.1) is 0 Å². The van der Waals surface area contributed by atoms with Crippen LogP contribution in [0.1, 0.15) is 57.3 Å². The van der Waals surface area contributed by atoms with Crippen LogP contribution >= 0.6 is 0 Å². The molecule has 0 saturated carbocycles. The second-order valence-corrected chi connectivity index (χ2v) is 14.6. The summed E-state index contributed by atoms with van der Waals surface area (Å²) < 4.78 is 24.3. The van der Waals surface area contributed by atoms with Crippen molar-refractivity contribution in [3.8, 4) is 17.2 Å². The Labute approximate surface area is 345 Å². The number of carbonyl (C=O) groups excluding carboxylic acids is 2. The molecule has 0 radical (unpaired) electrons. The van der Waals surface area contributed by atoms with Crippen LogP contribution in [-0.2, 0) is 22.7 Å². The van der Waals surface area contributed by atoms with Crippen molar-refractivity contribution >= 4 is 50.9 Å². The second-order valence-electron chi connectivity index (χ2n) is 14.6. The predicted octanol–water partition coefficient (Wildman–Crippen LogP) is 8.62. The van der Waals surface area contributed by atoms with Gasteiger partial charge in [-0.05, 0) is 99.6 Å². The Bertz CT molecular complexity index is 2900. The number of aromatic nitrogens is 2. The Kier molecular flexibility index (Phi) is 10.4. The molecular formula is C49H40N4O7. The molecule has 0 bridgehead atoms. The minimum Gasteiger partial charge on any atom is -0.497 e. The summed E-state index contributed by atoms with van der Waals surface area (Å²) in [4.78, 5) is 45.9. The number of methoxy groups -OCH3 is 2. The van der Waals surface area contributed by atoms with Gasteiger partial charge >= 0.3 is 5.97 Å². The minimum absolute atomic E-state index is 0.166. The van der Waals surface area contributed by atoms with Gasteiger partial charge in [0.15, 0.2) is 18.1 Å². The van der Waals surface area contributed by atoms with Crippen LogP contribution < -0.4 is 19.8 Å². The molecule has 0 saturated heterocycles. The van der Waals surface area contributed by atoms with Crippen molar-refractivity contribution in [1.29, 1.82) is 0 Å². The molecular weight excluding hydrogens is 757 g/mol. The molecule has 11 heteroatoms. The average molecular weight is 797 g/mol. The average Bonchev–Trinajstić information content (AvgIpc) is 3.93. The zero-order valence-electron chi connectivity index (χ0n) is 33.0. The second kappa shape index (κ2) is 16.4. The molecule has 298 valence electrons. The number of rotatable bonds is 11. The number of hydrazone groups is 1. The van der Waals surface area contributed by atoms with Crippen LogP contribution in [0.2, 0.25) is 0 Å². The molecule has 11 nitrogen and oxygen atoms in total. The highest BCUT2D eigenvalue weighted by atomic mass is 16.5. The van der Waals surface area contributed by atoms with Crippen molar-refractivity contribution in [2.24, 2.45) is 5.10 Å². The largest absolute Gasteiger partial charge is 0.497 e. The summed E-state index contributed by atoms with van der Waals surface area (Å²) in [6.45, 7) is 0.316. The standard InChI is InChI=1S/C49H40N4O7/c1-57-39-18-15-34(16-19-39)43-28-41(36-14-13-33-10-6-7-11-35(33)26-36)51-53(43)46(54)30-60-49(56)38-17-20-40-42(27-38)50-47-37(22-23-52(47)48(40)55)24-32-12-21-44(58-2)45(25-32)59-29-31-8-4-3-5-9-31/h3-21,24-27,43H,22-23,28-30H2,1-2H3/b37-24+. The molecule has 0 fully saturated rings. The van der Waals surface area contributed by atoms with Gasteiger partial charge in [0.05, 0.1) is 42.4 Å². The van der Waals surface area contributed by atoms with Crippen molar-refractivity contribution in [2.45, 2.75) is 32.0 Å². The highest BCUT2D eigenvalue weighted by molar-refractivity contribution is 6.06. The monoisotopic (exact) mass is 796 g/mol. The number of nitrogens with zero attached hydrogens (tertiary/aromatic N) is 4. The van der Waals surface area contributed by atoms with E-state index in [9.17, 15) is 14.4 Å². The van der Waals surface area contributed by atoms with E-state index in [1.54, 1.807) is 24.9 Å². The first kappa shape index (κ1) is 38.0. The molecule has 60 heavy (non-hydrogen) atoms. The smallest absolute Gasteiger partial charge is 0.338 e. The van der Waals surface area contributed by atoms with Gasteiger partial charge in [-0.3, -0.25) is 14.2 Å². The maximum atomic E-state index is 13.8. The lowest BCUT2D eigenvalue weighted by atomic mass is 9.97. The van der Waals surface area contributed by atoms with Crippen LogP contribution in [0.15, 0.2) is 143 Å². The van der Waals surface area contributed by atoms with E-state index in [0.717, 1.165) is 44.3 Å². The number of esters is 1. The SMILES string of the molecule is COc1ccc(C2CC(c3ccc4ccccc4c3)=NN2C(=O)COC(=O)c2ccc3c(=O)n4c(nc3c2)/C(=C/c2ccc(OC)c(OCc3ccccc3)c2)CC4)cc1. The summed E-state index contributed by atoms with van der Waals surface area (Å²) in [5.41, 5.74) is 5.60. The van der Waals surface area contributed by atoms with Gasteiger partial charge in [0.2, 0.25) is 0 Å². The zero-order chi connectivity index (χ0) is 41.2. The van der Waals surface area contributed by atoms with Gasteiger partial charge in [-0.1, -0.05) is 84.9 Å². The van der Waals surface area contributed by atoms with Crippen molar-refractivity contribution < 1.29 is 28.5 Å². The van der Waals surface area contributed by atoms with E-state index in [4.69, 9.17) is 29.0 Å². The third-order valence-corrected chi connectivity index (χ3v) is 10.9. The summed E-state index contributed by atoms with van der Waals surface area (Å²) in [6.07, 6.45) is 3.06. The van der Waals surface area contributed by atoms with Crippen LogP contribution in [0.25, 0.3) is 33.3 Å². The lowest BCUT2D eigenvalue weighted by Crippen LogP contribution is -2.31.